The van der Waals surface area contributed by atoms with E-state index in [0.717, 1.165) is 36.1 Å². The van der Waals surface area contributed by atoms with Crippen LogP contribution in [0, 0.1) is 5.82 Å². The number of aromatic nitrogens is 3. The van der Waals surface area contributed by atoms with E-state index in [-0.39, 0.29) is 17.8 Å². The van der Waals surface area contributed by atoms with Crippen LogP contribution in [0.4, 0.5) is 10.1 Å². The third kappa shape index (κ3) is 4.32. The van der Waals surface area contributed by atoms with Gasteiger partial charge in [0.15, 0.2) is 11.0 Å². The number of carbonyl (C=O) groups is 1. The predicted molar refractivity (Wildman–Crippen MR) is 116 cm³/mol. The number of hydrogen-bond acceptors (Lipinski definition) is 6. The number of rotatable bonds is 6. The van der Waals surface area contributed by atoms with Crippen LogP contribution in [0.2, 0.25) is 0 Å². The lowest BCUT2D eigenvalue weighted by molar-refractivity contribution is -0.133. The summed E-state index contributed by atoms with van der Waals surface area (Å²) in [5.41, 5.74) is 0.618. The number of benzene rings is 1. The number of piperazine rings is 1. The fourth-order valence-corrected chi connectivity index (χ4v) is 5.00. The highest BCUT2D eigenvalue weighted by Crippen LogP contribution is 2.32. The first-order valence-electron chi connectivity index (χ1n) is 10.6. The van der Waals surface area contributed by atoms with Gasteiger partial charge in [-0.15, -0.1) is 10.2 Å². The van der Waals surface area contributed by atoms with Crippen molar-refractivity contribution in [1.82, 2.24) is 24.6 Å². The highest BCUT2D eigenvalue weighted by molar-refractivity contribution is 7.99. The first kappa shape index (κ1) is 21.1. The van der Waals surface area contributed by atoms with Gasteiger partial charge in [-0.1, -0.05) is 30.8 Å². The van der Waals surface area contributed by atoms with Crippen molar-refractivity contribution in [2.24, 2.45) is 7.05 Å². The lowest BCUT2D eigenvalue weighted by Crippen LogP contribution is -2.51. The molecule has 2 aliphatic rings. The van der Waals surface area contributed by atoms with E-state index in [1.165, 1.54) is 6.07 Å². The lowest BCUT2D eigenvalue weighted by atomic mass is 10.2. The molecule has 2 aromatic rings. The first-order chi connectivity index (χ1) is 14.6. The molecule has 0 aliphatic carbocycles. The molecule has 2 saturated heterocycles. The van der Waals surface area contributed by atoms with Crippen molar-refractivity contribution in [3.63, 3.8) is 0 Å². The van der Waals surface area contributed by atoms with Crippen LogP contribution in [0.25, 0.3) is 0 Å². The summed E-state index contributed by atoms with van der Waals surface area (Å²) in [6, 6.07) is 6.97. The van der Waals surface area contributed by atoms with Crippen LogP contribution in [0.5, 0.6) is 0 Å². The molecule has 0 radical (unpaired) electrons. The van der Waals surface area contributed by atoms with Gasteiger partial charge in [0.25, 0.3) is 0 Å². The molecule has 1 atom stereocenters. The summed E-state index contributed by atoms with van der Waals surface area (Å²) in [6.45, 7) is 5.93. The monoisotopic (exact) mass is 432 g/mol. The second-order valence-corrected chi connectivity index (χ2v) is 9.01. The molecule has 1 aromatic carbocycles. The Morgan fingerprint density at radius 2 is 1.93 bits per heavy atom. The van der Waals surface area contributed by atoms with Gasteiger partial charge in [-0.2, -0.15) is 0 Å². The minimum atomic E-state index is -0.207. The maximum absolute atomic E-state index is 14.0. The summed E-state index contributed by atoms with van der Waals surface area (Å²) in [6.07, 6.45) is 2.05. The topological polar surface area (TPSA) is 57.5 Å². The van der Waals surface area contributed by atoms with Crippen LogP contribution in [-0.2, 0) is 11.8 Å². The minimum Gasteiger partial charge on any atom is -0.366 e. The van der Waals surface area contributed by atoms with E-state index in [9.17, 15) is 9.18 Å². The third-order valence-corrected chi connectivity index (χ3v) is 6.87. The smallest absolute Gasteiger partial charge is 0.236 e. The number of carbonyl (C=O) groups excluding carboxylic acids is 1. The summed E-state index contributed by atoms with van der Waals surface area (Å²) < 4.78 is 16.1. The number of anilines is 1. The number of amides is 1. The number of nitrogens with zero attached hydrogens (tertiary/aromatic N) is 6. The fourth-order valence-electron chi connectivity index (χ4n) is 4.36. The van der Waals surface area contributed by atoms with Crippen molar-refractivity contribution in [2.45, 2.75) is 31.0 Å². The predicted octanol–water partition coefficient (Wildman–Crippen LogP) is 2.55. The quantitative estimate of drug-likeness (QED) is 0.654. The molecule has 0 spiro atoms. The number of thioether (sulfide) groups is 1. The first-order valence-corrected chi connectivity index (χ1v) is 11.6. The zero-order valence-electron chi connectivity index (χ0n) is 17.6. The average Bonchev–Trinajstić information content (AvgIpc) is 3.35. The Bertz CT molecular complexity index is 882. The van der Waals surface area contributed by atoms with Crippen molar-refractivity contribution >= 4 is 23.4 Å². The molecular weight excluding hydrogens is 403 g/mol. The second kappa shape index (κ2) is 9.34. The van der Waals surface area contributed by atoms with Crippen LogP contribution in [0.1, 0.15) is 31.6 Å². The Hall–Kier alpha value is -2.13. The van der Waals surface area contributed by atoms with Gasteiger partial charge in [0.2, 0.25) is 5.91 Å². The number of para-hydroxylation sites is 1. The van der Waals surface area contributed by atoms with E-state index in [4.69, 9.17) is 0 Å². The molecule has 162 valence electrons. The van der Waals surface area contributed by atoms with E-state index in [0.29, 0.717) is 38.4 Å². The molecule has 2 fully saturated rings. The second-order valence-electron chi connectivity index (χ2n) is 7.78. The molecule has 7 nitrogen and oxygen atoms in total. The summed E-state index contributed by atoms with van der Waals surface area (Å²) in [5.74, 6) is 1.83. The highest BCUT2D eigenvalue weighted by atomic mass is 32.2. The minimum absolute atomic E-state index is 0.136. The van der Waals surface area contributed by atoms with Crippen LogP contribution in [0.15, 0.2) is 29.4 Å². The van der Waals surface area contributed by atoms with Gasteiger partial charge in [-0.3, -0.25) is 9.69 Å². The number of halogens is 1. The number of hydrogen-bond donors (Lipinski definition) is 0. The Labute approximate surface area is 181 Å². The maximum atomic E-state index is 14.0. The Kier molecular flexibility index (Phi) is 6.58. The lowest BCUT2D eigenvalue weighted by Gasteiger charge is -2.37. The standard InChI is InChI=1S/C21H29FN6OS/c1-3-30-21-24-23-20(25(21)2)18-9-6-10-28(18)15-19(29)27-13-11-26(12-14-27)17-8-5-4-7-16(17)22/h4-5,7-8,18H,3,6,9-15H2,1-2H3. The summed E-state index contributed by atoms with van der Waals surface area (Å²) in [4.78, 5) is 19.1. The van der Waals surface area contributed by atoms with Crippen LogP contribution < -0.4 is 4.90 Å². The molecule has 1 amide bonds. The zero-order chi connectivity index (χ0) is 21.1. The molecule has 1 unspecified atom stereocenters. The van der Waals surface area contributed by atoms with Gasteiger partial charge in [0.1, 0.15) is 5.82 Å². The molecule has 1 aromatic heterocycles. The summed E-state index contributed by atoms with van der Waals surface area (Å²) >= 11 is 1.68. The van der Waals surface area contributed by atoms with E-state index in [2.05, 4.69) is 26.6 Å². The molecule has 0 N–H and O–H groups in total. The SMILES string of the molecule is CCSc1nnc(C2CCCN2CC(=O)N2CCN(c3ccccc3F)CC2)n1C. The Balaban J connectivity index is 1.35. The molecule has 30 heavy (non-hydrogen) atoms. The third-order valence-electron chi connectivity index (χ3n) is 5.97. The largest absolute Gasteiger partial charge is 0.366 e. The summed E-state index contributed by atoms with van der Waals surface area (Å²) in [7, 11) is 2.01. The maximum Gasteiger partial charge on any atom is 0.236 e. The molecule has 0 saturated carbocycles. The van der Waals surface area contributed by atoms with Crippen LogP contribution in [0.3, 0.4) is 0 Å². The van der Waals surface area contributed by atoms with Gasteiger partial charge in [0.05, 0.1) is 18.3 Å². The van der Waals surface area contributed by atoms with E-state index >= 15 is 0 Å². The zero-order valence-corrected chi connectivity index (χ0v) is 18.4. The molecule has 4 rings (SSSR count). The van der Waals surface area contributed by atoms with E-state index in [1.807, 2.05) is 22.9 Å². The van der Waals surface area contributed by atoms with Crippen molar-refractivity contribution in [3.05, 3.63) is 35.9 Å². The van der Waals surface area contributed by atoms with Gasteiger partial charge in [-0.25, -0.2) is 4.39 Å². The fraction of sp³-hybridized carbons (Fsp3) is 0.571. The summed E-state index contributed by atoms with van der Waals surface area (Å²) in [5, 5.41) is 9.66. The Morgan fingerprint density at radius 3 is 2.67 bits per heavy atom. The molecular formula is C21H29FN6OS. The highest BCUT2D eigenvalue weighted by Gasteiger charge is 2.33. The average molecular weight is 433 g/mol. The van der Waals surface area contributed by atoms with Crippen LogP contribution in [-0.4, -0.2) is 75.5 Å². The van der Waals surface area contributed by atoms with Crippen molar-refractivity contribution in [1.29, 1.82) is 0 Å². The van der Waals surface area contributed by atoms with Gasteiger partial charge in [-0.05, 0) is 37.3 Å². The molecule has 9 heteroatoms. The van der Waals surface area contributed by atoms with E-state index < -0.39 is 0 Å². The van der Waals surface area contributed by atoms with Crippen LogP contribution >= 0.6 is 11.8 Å². The van der Waals surface area contributed by atoms with E-state index in [1.54, 1.807) is 23.9 Å². The molecule has 0 bridgehead atoms. The normalized spacial score (nSPS) is 20.2. The van der Waals surface area contributed by atoms with Gasteiger partial charge in [0, 0.05) is 33.2 Å². The molecule has 3 heterocycles. The van der Waals surface area contributed by atoms with Crippen molar-refractivity contribution in [3.8, 4) is 0 Å². The molecule has 2 aliphatic heterocycles. The Morgan fingerprint density at radius 1 is 1.17 bits per heavy atom. The van der Waals surface area contributed by atoms with Gasteiger partial charge < -0.3 is 14.4 Å². The van der Waals surface area contributed by atoms with Gasteiger partial charge >= 0.3 is 0 Å². The number of likely N-dealkylation sites (tertiary alicyclic amines) is 1. The van der Waals surface area contributed by atoms with Crippen molar-refractivity contribution < 1.29 is 9.18 Å². The van der Waals surface area contributed by atoms with Crippen molar-refractivity contribution in [2.75, 3.05) is 49.9 Å².